The third-order valence-electron chi connectivity index (χ3n) is 2.46. The minimum atomic E-state index is -0.515. The van der Waals surface area contributed by atoms with Crippen molar-refractivity contribution in [2.45, 2.75) is 13.3 Å². The van der Waals surface area contributed by atoms with Crippen LogP contribution in [0.1, 0.15) is 23.7 Å². The van der Waals surface area contributed by atoms with Crippen LogP contribution in [0.5, 0.6) is 0 Å². The number of Topliss-reactive ketones (excluding diaryl/α,β-unsaturated/α-hetero) is 1. The zero-order valence-corrected chi connectivity index (χ0v) is 10.4. The minimum absolute atomic E-state index is 0.255. The van der Waals surface area contributed by atoms with Gasteiger partial charge in [0, 0.05) is 5.56 Å². The highest BCUT2D eigenvalue weighted by Crippen LogP contribution is 2.11. The van der Waals surface area contributed by atoms with E-state index in [1.54, 1.807) is 35.9 Å². The van der Waals surface area contributed by atoms with Crippen LogP contribution in [0.2, 0.25) is 0 Å². The number of carbonyl (C=O) groups excluding carboxylic acids is 2. The summed E-state index contributed by atoms with van der Waals surface area (Å²) in [6, 6.07) is 6.85. The molecule has 19 heavy (non-hydrogen) atoms. The van der Waals surface area contributed by atoms with E-state index in [1.807, 2.05) is 0 Å². The Morgan fingerprint density at radius 1 is 1.37 bits per heavy atom. The molecular weight excluding hydrogens is 246 g/mol. The van der Waals surface area contributed by atoms with Gasteiger partial charge in [0.05, 0.1) is 12.3 Å². The van der Waals surface area contributed by atoms with Gasteiger partial charge in [-0.15, -0.1) is 0 Å². The highest BCUT2D eigenvalue weighted by molar-refractivity contribution is 6.06. The molecule has 0 unspecified atom stereocenters. The van der Waals surface area contributed by atoms with Gasteiger partial charge in [0.25, 0.3) is 0 Å². The molecule has 0 amide bonds. The van der Waals surface area contributed by atoms with Gasteiger partial charge in [0.2, 0.25) is 0 Å². The molecule has 1 aromatic heterocycles. The van der Waals surface area contributed by atoms with Crippen molar-refractivity contribution in [3.63, 3.8) is 0 Å². The number of hydrogen-bond acceptors (Lipinski definition) is 5. The maximum Gasteiger partial charge on any atom is 0.313 e. The summed E-state index contributed by atoms with van der Waals surface area (Å²) in [5, 5.41) is 3.98. The Balaban J connectivity index is 2.15. The summed E-state index contributed by atoms with van der Waals surface area (Å²) in [7, 11) is 0. The van der Waals surface area contributed by atoms with E-state index in [1.165, 1.54) is 12.7 Å². The molecule has 0 atom stereocenters. The molecule has 0 bridgehead atoms. The normalized spacial score (nSPS) is 10.2. The molecule has 0 aliphatic heterocycles. The van der Waals surface area contributed by atoms with Crippen LogP contribution < -0.4 is 0 Å². The average molecular weight is 259 g/mol. The Labute approximate surface area is 110 Å². The minimum Gasteiger partial charge on any atom is -0.466 e. The summed E-state index contributed by atoms with van der Waals surface area (Å²) in [5.41, 5.74) is 1.16. The van der Waals surface area contributed by atoms with E-state index in [4.69, 9.17) is 4.74 Å². The highest BCUT2D eigenvalue weighted by Gasteiger charge is 2.13. The topological polar surface area (TPSA) is 74.1 Å². The van der Waals surface area contributed by atoms with Gasteiger partial charge in [-0.1, -0.05) is 12.1 Å². The van der Waals surface area contributed by atoms with Crippen LogP contribution in [0, 0.1) is 0 Å². The Bertz CT molecular complexity index is 579. The van der Waals surface area contributed by atoms with E-state index in [-0.39, 0.29) is 18.8 Å². The first-order chi connectivity index (χ1) is 9.20. The third kappa shape index (κ3) is 3.25. The molecule has 0 saturated carbocycles. The molecule has 0 spiro atoms. The van der Waals surface area contributed by atoms with E-state index < -0.39 is 5.97 Å². The quantitative estimate of drug-likeness (QED) is 0.461. The molecule has 0 aliphatic rings. The number of rotatable bonds is 5. The standard InChI is InChI=1S/C13H13N3O3/c1-2-19-13(18)7-12(17)10-4-3-5-11(6-10)16-9-14-8-15-16/h3-6,8-9H,2,7H2,1H3. The van der Waals surface area contributed by atoms with Crippen molar-refractivity contribution in [2.75, 3.05) is 6.61 Å². The fraction of sp³-hybridized carbons (Fsp3) is 0.231. The summed E-state index contributed by atoms with van der Waals surface area (Å²) in [4.78, 5) is 27.0. The monoisotopic (exact) mass is 259 g/mol. The second kappa shape index (κ2) is 5.90. The van der Waals surface area contributed by atoms with E-state index in [0.717, 1.165) is 0 Å². The highest BCUT2D eigenvalue weighted by atomic mass is 16.5. The van der Waals surface area contributed by atoms with Gasteiger partial charge >= 0.3 is 5.97 Å². The largest absolute Gasteiger partial charge is 0.466 e. The van der Waals surface area contributed by atoms with E-state index in [0.29, 0.717) is 11.3 Å². The van der Waals surface area contributed by atoms with Crippen LogP contribution in [-0.4, -0.2) is 33.1 Å². The van der Waals surface area contributed by atoms with E-state index in [9.17, 15) is 9.59 Å². The van der Waals surface area contributed by atoms with Gasteiger partial charge in [-0.05, 0) is 19.1 Å². The number of ketones is 1. The first-order valence-electron chi connectivity index (χ1n) is 5.84. The molecule has 2 rings (SSSR count). The predicted molar refractivity (Wildman–Crippen MR) is 66.9 cm³/mol. The molecule has 98 valence electrons. The van der Waals surface area contributed by atoms with Crippen molar-refractivity contribution in [3.05, 3.63) is 42.5 Å². The first kappa shape index (κ1) is 12.9. The number of hydrogen-bond donors (Lipinski definition) is 0. The van der Waals surface area contributed by atoms with Crippen molar-refractivity contribution in [2.24, 2.45) is 0 Å². The van der Waals surface area contributed by atoms with Crippen LogP contribution in [0.25, 0.3) is 5.69 Å². The summed E-state index contributed by atoms with van der Waals surface area (Å²) in [6.45, 7) is 1.97. The van der Waals surface area contributed by atoms with Gasteiger partial charge in [-0.2, -0.15) is 5.10 Å². The van der Waals surface area contributed by atoms with Crippen LogP contribution in [0.15, 0.2) is 36.9 Å². The van der Waals surface area contributed by atoms with Crippen molar-refractivity contribution in [1.82, 2.24) is 14.8 Å². The van der Waals surface area contributed by atoms with Crippen LogP contribution in [0.3, 0.4) is 0 Å². The summed E-state index contributed by atoms with van der Waals surface area (Å²) >= 11 is 0. The number of carbonyl (C=O) groups is 2. The van der Waals surface area contributed by atoms with Crippen molar-refractivity contribution in [3.8, 4) is 5.69 Å². The second-order valence-electron chi connectivity index (χ2n) is 3.80. The van der Waals surface area contributed by atoms with Crippen molar-refractivity contribution >= 4 is 11.8 Å². The molecule has 0 fully saturated rings. The van der Waals surface area contributed by atoms with Crippen LogP contribution in [0.4, 0.5) is 0 Å². The molecule has 0 saturated heterocycles. The number of ether oxygens (including phenoxy) is 1. The lowest BCUT2D eigenvalue weighted by Gasteiger charge is -2.04. The summed E-state index contributed by atoms with van der Waals surface area (Å²) in [6.07, 6.45) is 2.69. The van der Waals surface area contributed by atoms with Crippen molar-refractivity contribution < 1.29 is 14.3 Å². The zero-order chi connectivity index (χ0) is 13.7. The van der Waals surface area contributed by atoms with Gasteiger partial charge in [0.15, 0.2) is 5.78 Å². The molecule has 0 aliphatic carbocycles. The molecular formula is C13H13N3O3. The van der Waals surface area contributed by atoms with Gasteiger partial charge in [-0.3, -0.25) is 9.59 Å². The van der Waals surface area contributed by atoms with Gasteiger partial charge in [0.1, 0.15) is 19.1 Å². The average Bonchev–Trinajstić information content (AvgIpc) is 2.93. The Morgan fingerprint density at radius 2 is 2.21 bits per heavy atom. The Morgan fingerprint density at radius 3 is 2.89 bits per heavy atom. The maximum atomic E-state index is 11.9. The zero-order valence-electron chi connectivity index (χ0n) is 10.4. The van der Waals surface area contributed by atoms with Gasteiger partial charge < -0.3 is 4.74 Å². The number of nitrogens with zero attached hydrogens (tertiary/aromatic N) is 3. The van der Waals surface area contributed by atoms with E-state index in [2.05, 4.69) is 10.1 Å². The molecule has 1 aromatic carbocycles. The van der Waals surface area contributed by atoms with Crippen LogP contribution >= 0.6 is 0 Å². The molecule has 1 heterocycles. The maximum absolute atomic E-state index is 11.9. The predicted octanol–water partition coefficient (Wildman–Crippen LogP) is 1.40. The molecule has 0 radical (unpaired) electrons. The summed E-state index contributed by atoms with van der Waals surface area (Å²) < 4.78 is 6.29. The smallest absolute Gasteiger partial charge is 0.313 e. The Kier molecular flexibility index (Phi) is 4.02. The number of benzene rings is 1. The fourth-order valence-corrected chi connectivity index (χ4v) is 1.61. The molecule has 2 aromatic rings. The van der Waals surface area contributed by atoms with E-state index >= 15 is 0 Å². The SMILES string of the molecule is CCOC(=O)CC(=O)c1cccc(-n2cncn2)c1. The fourth-order valence-electron chi connectivity index (χ4n) is 1.61. The molecule has 0 N–H and O–H groups in total. The third-order valence-corrected chi connectivity index (χ3v) is 2.46. The lowest BCUT2D eigenvalue weighted by Crippen LogP contribution is -2.11. The second-order valence-corrected chi connectivity index (χ2v) is 3.80. The Hall–Kier alpha value is -2.50. The van der Waals surface area contributed by atoms with Crippen LogP contribution in [-0.2, 0) is 9.53 Å². The number of aromatic nitrogens is 3. The van der Waals surface area contributed by atoms with Crippen molar-refractivity contribution in [1.29, 1.82) is 0 Å². The summed E-state index contributed by atoms with van der Waals surface area (Å²) in [5.74, 6) is -0.793. The first-order valence-corrected chi connectivity index (χ1v) is 5.84. The van der Waals surface area contributed by atoms with Gasteiger partial charge in [-0.25, -0.2) is 9.67 Å². The lowest BCUT2D eigenvalue weighted by molar-refractivity contribution is -0.141. The number of esters is 1. The molecule has 6 nitrogen and oxygen atoms in total. The lowest BCUT2D eigenvalue weighted by atomic mass is 10.1. The molecule has 6 heteroatoms.